The van der Waals surface area contributed by atoms with E-state index in [-0.39, 0.29) is 5.60 Å². The molecule has 5 aliphatic carbocycles. The fourth-order valence-corrected chi connectivity index (χ4v) is 8.17. The summed E-state index contributed by atoms with van der Waals surface area (Å²) in [5, 5.41) is 0. The number of hydrogen-bond acceptors (Lipinski definition) is 1. The average molecular weight is 236 g/mol. The van der Waals surface area contributed by atoms with Crippen molar-refractivity contribution in [1.29, 1.82) is 0 Å². The standard InChI is InChI=1S/C17H16O/c1-2-4-7(5-3-1)17-14-9-6-8-10-11(9)15(17)13(10)16(18-17)12(8)14/h1-5,8-16H,6H2/t8-,9-,10-,11-,12+,13+,14+,15-,16+,17+/m0/s1. The third kappa shape index (κ3) is 0.499. The second-order valence-electron chi connectivity index (χ2n) is 7.67. The minimum absolute atomic E-state index is 0.179. The Labute approximate surface area is 107 Å². The van der Waals surface area contributed by atoms with E-state index in [2.05, 4.69) is 30.3 Å². The summed E-state index contributed by atoms with van der Waals surface area (Å²) in [4.78, 5) is 0. The monoisotopic (exact) mass is 236 g/mol. The Balaban J connectivity index is 1.58. The highest BCUT2D eigenvalue weighted by molar-refractivity contribution is 5.44. The van der Waals surface area contributed by atoms with E-state index in [0.29, 0.717) is 6.10 Å². The molecule has 10 atom stereocenters. The van der Waals surface area contributed by atoms with Gasteiger partial charge in [-0.3, -0.25) is 0 Å². The van der Waals surface area contributed by atoms with Gasteiger partial charge >= 0.3 is 0 Å². The molecular weight excluding hydrogens is 220 g/mol. The first-order valence-electron chi connectivity index (χ1n) is 7.66. The maximum atomic E-state index is 6.74. The quantitative estimate of drug-likeness (QED) is 0.728. The van der Waals surface area contributed by atoms with Crippen LogP contribution in [0.2, 0.25) is 0 Å². The van der Waals surface area contributed by atoms with Crippen LogP contribution in [0.3, 0.4) is 0 Å². The third-order valence-electron chi connectivity index (χ3n) is 7.93. The lowest BCUT2D eigenvalue weighted by Gasteiger charge is -2.46. The van der Waals surface area contributed by atoms with E-state index < -0.39 is 0 Å². The van der Waals surface area contributed by atoms with Gasteiger partial charge in [-0.2, -0.15) is 0 Å². The summed E-state index contributed by atoms with van der Waals surface area (Å²) in [6.07, 6.45) is 2.23. The van der Waals surface area contributed by atoms with Crippen LogP contribution in [0, 0.1) is 47.3 Å². The zero-order valence-corrected chi connectivity index (χ0v) is 10.2. The Morgan fingerprint density at radius 1 is 0.889 bits per heavy atom. The van der Waals surface area contributed by atoms with Crippen molar-refractivity contribution in [2.75, 3.05) is 0 Å². The third-order valence-corrected chi connectivity index (χ3v) is 7.93. The van der Waals surface area contributed by atoms with Crippen LogP contribution in [0.5, 0.6) is 0 Å². The SMILES string of the molecule is c1ccc([C@]23O[C@H]4[C@@H]5[C@H]6[C@@H]7C[C@@H]([C@@H]6[C@@H]52)[C@@H]3[C@@H]74)cc1. The predicted molar refractivity (Wildman–Crippen MR) is 65.5 cm³/mol. The Kier molecular flexibility index (Phi) is 0.975. The molecule has 8 rings (SSSR count). The van der Waals surface area contributed by atoms with Crippen LogP contribution in [0.4, 0.5) is 0 Å². The fraction of sp³-hybridized carbons (Fsp3) is 0.647. The van der Waals surface area contributed by atoms with E-state index in [4.69, 9.17) is 4.74 Å². The fourth-order valence-electron chi connectivity index (χ4n) is 8.17. The average Bonchev–Trinajstić information content (AvgIpc) is 3.01. The van der Waals surface area contributed by atoms with E-state index in [1.54, 1.807) is 6.42 Å². The first-order chi connectivity index (χ1) is 8.93. The highest BCUT2D eigenvalue weighted by Gasteiger charge is 2.92. The van der Waals surface area contributed by atoms with Crippen LogP contribution in [0.25, 0.3) is 0 Å². The van der Waals surface area contributed by atoms with Gasteiger partial charge in [0.15, 0.2) is 0 Å². The minimum Gasteiger partial charge on any atom is -0.366 e. The molecule has 0 radical (unpaired) electrons. The van der Waals surface area contributed by atoms with Crippen molar-refractivity contribution in [3.8, 4) is 0 Å². The smallest absolute Gasteiger partial charge is 0.100 e. The molecule has 2 saturated heterocycles. The Bertz CT molecular complexity index is 585. The molecule has 4 bridgehead atoms. The molecule has 90 valence electrons. The lowest BCUT2D eigenvalue weighted by atomic mass is 9.56. The van der Waals surface area contributed by atoms with Crippen LogP contribution in [-0.2, 0) is 10.3 Å². The molecule has 2 aliphatic heterocycles. The molecule has 1 aromatic carbocycles. The maximum Gasteiger partial charge on any atom is 0.100 e. The van der Waals surface area contributed by atoms with E-state index in [0.717, 1.165) is 47.3 Å². The maximum absolute atomic E-state index is 6.74. The lowest BCUT2D eigenvalue weighted by molar-refractivity contribution is -0.0356. The van der Waals surface area contributed by atoms with Crippen LogP contribution >= 0.6 is 0 Å². The highest BCUT2D eigenvalue weighted by atomic mass is 16.5. The van der Waals surface area contributed by atoms with Gasteiger partial charge in [0.25, 0.3) is 0 Å². The van der Waals surface area contributed by atoms with Crippen LogP contribution in [0.15, 0.2) is 30.3 Å². The van der Waals surface area contributed by atoms with E-state index in [1.165, 1.54) is 5.56 Å². The Hall–Kier alpha value is -0.820. The molecule has 1 heteroatoms. The van der Waals surface area contributed by atoms with Crippen LogP contribution in [0.1, 0.15) is 12.0 Å². The van der Waals surface area contributed by atoms with Crippen molar-refractivity contribution < 1.29 is 4.74 Å². The van der Waals surface area contributed by atoms with Crippen LogP contribution < -0.4 is 0 Å². The van der Waals surface area contributed by atoms with Gasteiger partial charge < -0.3 is 4.74 Å². The van der Waals surface area contributed by atoms with Gasteiger partial charge in [0.1, 0.15) is 5.60 Å². The first-order valence-corrected chi connectivity index (χ1v) is 7.66. The summed E-state index contributed by atoms with van der Waals surface area (Å²) < 4.78 is 6.74. The molecule has 1 nitrogen and oxygen atoms in total. The molecule has 18 heavy (non-hydrogen) atoms. The van der Waals surface area contributed by atoms with E-state index in [1.807, 2.05) is 0 Å². The van der Waals surface area contributed by atoms with Gasteiger partial charge in [0, 0.05) is 11.8 Å². The zero-order valence-electron chi connectivity index (χ0n) is 10.2. The molecule has 0 N–H and O–H groups in total. The van der Waals surface area contributed by atoms with Gasteiger partial charge in [0.05, 0.1) is 6.10 Å². The van der Waals surface area contributed by atoms with Gasteiger partial charge in [0.2, 0.25) is 0 Å². The van der Waals surface area contributed by atoms with Crippen molar-refractivity contribution in [2.45, 2.75) is 18.1 Å². The Morgan fingerprint density at radius 3 is 2.67 bits per heavy atom. The normalized spacial score (nSPS) is 70.6. The highest BCUT2D eigenvalue weighted by Crippen LogP contribution is 2.92. The summed E-state index contributed by atoms with van der Waals surface area (Å²) in [5.74, 6) is 8.01. The summed E-state index contributed by atoms with van der Waals surface area (Å²) in [7, 11) is 0. The molecule has 2 heterocycles. The molecule has 7 aliphatic rings. The molecule has 0 unspecified atom stereocenters. The lowest BCUT2D eigenvalue weighted by Crippen LogP contribution is -2.47. The summed E-state index contributed by atoms with van der Waals surface area (Å²) in [6, 6.07) is 11.2. The minimum atomic E-state index is 0.179. The number of benzene rings is 1. The molecular formula is C17H16O. The second-order valence-corrected chi connectivity index (χ2v) is 7.67. The molecule has 7 fully saturated rings. The number of ether oxygens (including phenoxy) is 1. The molecule has 5 saturated carbocycles. The van der Waals surface area contributed by atoms with Crippen molar-refractivity contribution in [3.05, 3.63) is 35.9 Å². The molecule has 0 spiro atoms. The first kappa shape index (κ1) is 8.37. The Morgan fingerprint density at radius 2 is 1.78 bits per heavy atom. The summed E-state index contributed by atoms with van der Waals surface area (Å²) in [6.45, 7) is 0. The van der Waals surface area contributed by atoms with Gasteiger partial charge in [-0.15, -0.1) is 0 Å². The number of hydrogen-bond donors (Lipinski definition) is 0. The zero-order chi connectivity index (χ0) is 11.2. The van der Waals surface area contributed by atoms with Crippen molar-refractivity contribution in [1.82, 2.24) is 0 Å². The molecule has 0 amide bonds. The van der Waals surface area contributed by atoms with Crippen molar-refractivity contribution in [3.63, 3.8) is 0 Å². The number of rotatable bonds is 1. The topological polar surface area (TPSA) is 9.23 Å². The van der Waals surface area contributed by atoms with Crippen molar-refractivity contribution in [2.24, 2.45) is 47.3 Å². The van der Waals surface area contributed by atoms with E-state index in [9.17, 15) is 0 Å². The van der Waals surface area contributed by atoms with Gasteiger partial charge in [-0.25, -0.2) is 0 Å². The van der Waals surface area contributed by atoms with Crippen molar-refractivity contribution >= 4 is 0 Å². The summed E-state index contributed by atoms with van der Waals surface area (Å²) in [5.41, 5.74) is 1.70. The van der Waals surface area contributed by atoms with Crippen LogP contribution in [-0.4, -0.2) is 6.10 Å². The predicted octanol–water partition coefficient (Wildman–Crippen LogP) is 2.67. The largest absolute Gasteiger partial charge is 0.366 e. The molecule has 0 aromatic heterocycles. The van der Waals surface area contributed by atoms with Gasteiger partial charge in [-0.05, 0) is 47.5 Å². The molecule has 1 aromatic rings. The van der Waals surface area contributed by atoms with E-state index >= 15 is 0 Å². The second kappa shape index (κ2) is 2.10. The van der Waals surface area contributed by atoms with Gasteiger partial charge in [-0.1, -0.05) is 30.3 Å². The summed E-state index contributed by atoms with van der Waals surface area (Å²) >= 11 is 0.